The Morgan fingerprint density at radius 2 is 1.88 bits per heavy atom. The van der Waals surface area contributed by atoms with Crippen LogP contribution in [0.15, 0.2) is 0 Å². The molecule has 90 valence electrons. The van der Waals surface area contributed by atoms with Crippen LogP contribution in [0.4, 0.5) is 0 Å². The van der Waals surface area contributed by atoms with Crippen LogP contribution >= 0.6 is 0 Å². The van der Waals surface area contributed by atoms with Gasteiger partial charge in [-0.3, -0.25) is 0 Å². The van der Waals surface area contributed by atoms with Gasteiger partial charge in [-0.2, -0.15) is 0 Å². The summed E-state index contributed by atoms with van der Waals surface area (Å²) in [5.41, 5.74) is 1.46. The van der Waals surface area contributed by atoms with Gasteiger partial charge in [0.1, 0.15) is 0 Å². The predicted octanol–water partition coefficient (Wildman–Crippen LogP) is 3.63. The Hall–Kier alpha value is -0.0400. The molecule has 4 rings (SSSR count). The van der Waals surface area contributed by atoms with Crippen LogP contribution < -0.4 is 0 Å². The average molecular weight is 220 g/mol. The minimum atomic E-state index is 0.307. The van der Waals surface area contributed by atoms with E-state index in [2.05, 4.69) is 20.8 Å². The Morgan fingerprint density at radius 1 is 1.12 bits per heavy atom. The molecule has 16 heavy (non-hydrogen) atoms. The summed E-state index contributed by atoms with van der Waals surface area (Å²) < 4.78 is 6.02. The van der Waals surface area contributed by atoms with Crippen LogP contribution in [0, 0.1) is 28.6 Å². The van der Waals surface area contributed by atoms with Crippen LogP contribution in [0.1, 0.15) is 52.9 Å². The van der Waals surface area contributed by atoms with E-state index in [1.54, 1.807) is 0 Å². The van der Waals surface area contributed by atoms with Gasteiger partial charge in [0.2, 0.25) is 0 Å². The number of fused-ring (bicyclic) bond motifs is 2. The van der Waals surface area contributed by atoms with E-state index in [-0.39, 0.29) is 0 Å². The standard InChI is InChI=1S/C15H24O/c1-10-4-5-12-13(2,3)15(9-16-15)11-6-7-14(10,12)8-11/h10-12H,4-9H2,1-3H3/t10-,11+,12?,14-,15-/m0/s1. The zero-order chi connectivity index (χ0) is 11.2. The van der Waals surface area contributed by atoms with Crippen LogP contribution in [-0.4, -0.2) is 12.2 Å². The highest BCUT2D eigenvalue weighted by Crippen LogP contribution is 2.75. The second kappa shape index (κ2) is 2.53. The van der Waals surface area contributed by atoms with Crippen molar-refractivity contribution >= 4 is 0 Å². The molecule has 4 fully saturated rings. The van der Waals surface area contributed by atoms with Gasteiger partial charge in [-0.05, 0) is 60.7 Å². The predicted molar refractivity (Wildman–Crippen MR) is 64.1 cm³/mol. The van der Waals surface area contributed by atoms with E-state index in [9.17, 15) is 0 Å². The van der Waals surface area contributed by atoms with Gasteiger partial charge in [0, 0.05) is 0 Å². The zero-order valence-electron chi connectivity index (χ0n) is 10.9. The van der Waals surface area contributed by atoms with Crippen molar-refractivity contribution in [3.05, 3.63) is 0 Å². The van der Waals surface area contributed by atoms with Crippen molar-refractivity contribution in [1.29, 1.82) is 0 Å². The summed E-state index contributed by atoms with van der Waals surface area (Å²) in [7, 11) is 0. The molecule has 1 saturated heterocycles. The first-order chi connectivity index (χ1) is 7.53. The molecule has 2 bridgehead atoms. The first kappa shape index (κ1) is 9.94. The molecule has 0 N–H and O–H groups in total. The van der Waals surface area contributed by atoms with Crippen molar-refractivity contribution in [2.45, 2.75) is 58.5 Å². The van der Waals surface area contributed by atoms with Gasteiger partial charge in [-0.15, -0.1) is 0 Å². The molecule has 1 unspecified atom stereocenters. The molecule has 0 amide bonds. The normalized spacial score (nSPS) is 61.3. The first-order valence-corrected chi connectivity index (χ1v) is 7.17. The van der Waals surface area contributed by atoms with E-state index in [1.165, 1.54) is 32.1 Å². The van der Waals surface area contributed by atoms with Crippen LogP contribution in [0.3, 0.4) is 0 Å². The third kappa shape index (κ3) is 0.805. The van der Waals surface area contributed by atoms with Crippen molar-refractivity contribution < 1.29 is 4.74 Å². The van der Waals surface area contributed by atoms with Gasteiger partial charge in [-0.1, -0.05) is 20.8 Å². The van der Waals surface area contributed by atoms with E-state index < -0.39 is 0 Å². The third-order valence-corrected chi connectivity index (χ3v) is 7.23. The summed E-state index contributed by atoms with van der Waals surface area (Å²) in [6.45, 7) is 8.60. The summed E-state index contributed by atoms with van der Waals surface area (Å²) in [4.78, 5) is 0. The Morgan fingerprint density at radius 3 is 2.56 bits per heavy atom. The van der Waals surface area contributed by atoms with Crippen LogP contribution in [0.25, 0.3) is 0 Å². The van der Waals surface area contributed by atoms with Gasteiger partial charge in [-0.25, -0.2) is 0 Å². The van der Waals surface area contributed by atoms with Crippen LogP contribution in [0.5, 0.6) is 0 Å². The molecule has 5 atom stereocenters. The lowest BCUT2D eigenvalue weighted by Gasteiger charge is -2.52. The molecule has 2 spiro atoms. The zero-order valence-corrected chi connectivity index (χ0v) is 10.9. The fourth-order valence-corrected chi connectivity index (χ4v) is 6.19. The minimum absolute atomic E-state index is 0.307. The lowest BCUT2D eigenvalue weighted by molar-refractivity contribution is -0.0663. The third-order valence-electron chi connectivity index (χ3n) is 7.23. The second-order valence-corrected chi connectivity index (χ2v) is 7.60. The second-order valence-electron chi connectivity index (χ2n) is 7.60. The molecule has 3 saturated carbocycles. The highest BCUT2D eigenvalue weighted by atomic mass is 16.6. The number of ether oxygens (including phenoxy) is 1. The molecule has 0 radical (unpaired) electrons. The molecule has 1 heteroatoms. The van der Waals surface area contributed by atoms with Crippen molar-refractivity contribution in [3.63, 3.8) is 0 Å². The Kier molecular flexibility index (Phi) is 1.57. The number of epoxide rings is 1. The fraction of sp³-hybridized carbons (Fsp3) is 1.00. The summed E-state index contributed by atoms with van der Waals surface area (Å²) in [6, 6.07) is 0. The Bertz CT molecular complexity index is 341. The fourth-order valence-electron chi connectivity index (χ4n) is 6.19. The highest BCUT2D eigenvalue weighted by Gasteiger charge is 2.74. The maximum Gasteiger partial charge on any atom is 0.0997 e. The molecular weight excluding hydrogens is 196 g/mol. The van der Waals surface area contributed by atoms with E-state index in [4.69, 9.17) is 4.74 Å². The monoisotopic (exact) mass is 220 g/mol. The molecule has 4 aliphatic rings. The van der Waals surface area contributed by atoms with Crippen molar-refractivity contribution in [2.75, 3.05) is 6.61 Å². The van der Waals surface area contributed by atoms with E-state index in [1.807, 2.05) is 0 Å². The molecule has 1 heterocycles. The maximum atomic E-state index is 6.02. The number of hydrogen-bond acceptors (Lipinski definition) is 1. The summed E-state index contributed by atoms with van der Waals surface area (Å²) in [5.74, 6) is 2.80. The quantitative estimate of drug-likeness (QED) is 0.568. The molecule has 0 aromatic heterocycles. The van der Waals surface area contributed by atoms with Crippen molar-refractivity contribution in [1.82, 2.24) is 0 Å². The van der Waals surface area contributed by atoms with Gasteiger partial charge in [0.25, 0.3) is 0 Å². The number of rotatable bonds is 0. The van der Waals surface area contributed by atoms with Gasteiger partial charge in [0.05, 0.1) is 12.2 Å². The highest BCUT2D eigenvalue weighted by molar-refractivity contribution is 5.22. The van der Waals surface area contributed by atoms with Crippen molar-refractivity contribution in [3.8, 4) is 0 Å². The Labute approximate surface area is 98.9 Å². The van der Waals surface area contributed by atoms with Gasteiger partial charge in [0.15, 0.2) is 0 Å². The Balaban J connectivity index is 1.85. The summed E-state index contributed by atoms with van der Waals surface area (Å²) in [6.07, 6.45) is 7.37. The SMILES string of the molecule is C[C@H]1CCC2C(C)(C)[C@]3(CO3)[C@@H]3CC[C@@]21C3. The molecular formula is C15H24O. The lowest BCUT2D eigenvalue weighted by atomic mass is 9.51. The summed E-state index contributed by atoms with van der Waals surface area (Å²) in [5, 5.41) is 0. The van der Waals surface area contributed by atoms with E-state index in [0.29, 0.717) is 16.4 Å². The molecule has 0 aromatic rings. The van der Waals surface area contributed by atoms with Crippen LogP contribution in [0.2, 0.25) is 0 Å². The van der Waals surface area contributed by atoms with E-state index in [0.717, 1.165) is 24.4 Å². The maximum absolute atomic E-state index is 6.02. The molecule has 1 aliphatic heterocycles. The van der Waals surface area contributed by atoms with E-state index >= 15 is 0 Å². The smallest absolute Gasteiger partial charge is 0.0997 e. The average Bonchev–Trinajstić information content (AvgIpc) is 2.85. The largest absolute Gasteiger partial charge is 0.369 e. The minimum Gasteiger partial charge on any atom is -0.369 e. The first-order valence-electron chi connectivity index (χ1n) is 7.17. The molecule has 3 aliphatic carbocycles. The van der Waals surface area contributed by atoms with Crippen LogP contribution in [-0.2, 0) is 4.74 Å². The topological polar surface area (TPSA) is 12.5 Å². The van der Waals surface area contributed by atoms with Gasteiger partial charge < -0.3 is 4.74 Å². The van der Waals surface area contributed by atoms with Gasteiger partial charge >= 0.3 is 0 Å². The molecule has 1 nitrogen and oxygen atoms in total. The van der Waals surface area contributed by atoms with Crippen molar-refractivity contribution in [2.24, 2.45) is 28.6 Å². The summed E-state index contributed by atoms with van der Waals surface area (Å²) >= 11 is 0. The lowest BCUT2D eigenvalue weighted by Crippen LogP contribution is -2.52. The molecule has 0 aromatic carbocycles. The number of hydrogen-bond donors (Lipinski definition) is 0.